The third kappa shape index (κ3) is 2.89. The molecule has 0 radical (unpaired) electrons. The van der Waals surface area contributed by atoms with Gasteiger partial charge in [0.15, 0.2) is 6.07 Å². The summed E-state index contributed by atoms with van der Waals surface area (Å²) in [5, 5.41) is 8.22. The molecule has 0 N–H and O–H groups in total. The van der Waals surface area contributed by atoms with Gasteiger partial charge in [-0.05, 0) is 31.2 Å². The second-order valence-corrected chi connectivity index (χ2v) is 2.32. The Morgan fingerprint density at radius 3 is 2.54 bits per heavy atom. The quantitative estimate of drug-likeness (QED) is 0.637. The largest absolute Gasteiger partial charge is 0.494 e. The van der Waals surface area contributed by atoms with E-state index in [0.29, 0.717) is 6.61 Å². The Balaban J connectivity index is 2.76. The highest BCUT2D eigenvalue weighted by Crippen LogP contribution is 2.10. The number of rotatable bonds is 2. The topological polar surface area (TPSA) is 33.0 Å². The molecular weight excluding hydrogens is 162 g/mol. The van der Waals surface area contributed by atoms with Crippen LogP contribution in [0.2, 0.25) is 0 Å². The van der Waals surface area contributed by atoms with E-state index in [1.807, 2.05) is 31.2 Å². The van der Waals surface area contributed by atoms with Gasteiger partial charge >= 0.3 is 0 Å². The molecule has 2 heteroatoms. The lowest BCUT2D eigenvalue weighted by Crippen LogP contribution is -1.90. The van der Waals surface area contributed by atoms with Gasteiger partial charge < -0.3 is 4.74 Å². The van der Waals surface area contributed by atoms with E-state index in [0.717, 1.165) is 11.3 Å². The standard InChI is InChI=1S/C11H9NO/c1-2-13-11-7-5-10(6-8-11)4-3-9-12/h5-8H,2H2,1H3. The van der Waals surface area contributed by atoms with Crippen LogP contribution in [0.1, 0.15) is 12.5 Å². The van der Waals surface area contributed by atoms with Crippen molar-refractivity contribution in [1.29, 1.82) is 5.26 Å². The van der Waals surface area contributed by atoms with E-state index in [2.05, 4.69) is 11.8 Å². The lowest BCUT2D eigenvalue weighted by Gasteiger charge is -2.00. The molecule has 0 aliphatic carbocycles. The molecule has 1 aromatic carbocycles. The number of nitriles is 1. The molecular formula is C11H9NO. The van der Waals surface area contributed by atoms with E-state index in [9.17, 15) is 0 Å². The van der Waals surface area contributed by atoms with Crippen molar-refractivity contribution >= 4 is 0 Å². The number of hydrogen-bond acceptors (Lipinski definition) is 2. The minimum absolute atomic E-state index is 0.656. The van der Waals surface area contributed by atoms with Crippen molar-refractivity contribution in [2.75, 3.05) is 6.61 Å². The number of hydrogen-bond donors (Lipinski definition) is 0. The average Bonchev–Trinajstić information content (AvgIpc) is 2.17. The Morgan fingerprint density at radius 2 is 2.00 bits per heavy atom. The minimum atomic E-state index is 0.656. The summed E-state index contributed by atoms with van der Waals surface area (Å²) in [5.74, 6) is 5.85. The molecule has 0 heterocycles. The van der Waals surface area contributed by atoms with Crippen molar-refractivity contribution in [3.05, 3.63) is 29.8 Å². The first kappa shape index (κ1) is 9.16. The third-order valence-corrected chi connectivity index (χ3v) is 1.43. The zero-order chi connectivity index (χ0) is 9.52. The van der Waals surface area contributed by atoms with Crippen LogP contribution in [0.4, 0.5) is 0 Å². The smallest absolute Gasteiger partial charge is 0.152 e. The molecule has 1 rings (SSSR count). The van der Waals surface area contributed by atoms with Crippen molar-refractivity contribution in [2.24, 2.45) is 0 Å². The van der Waals surface area contributed by atoms with Gasteiger partial charge in [0.1, 0.15) is 5.75 Å². The van der Waals surface area contributed by atoms with Gasteiger partial charge in [0, 0.05) is 11.5 Å². The van der Waals surface area contributed by atoms with E-state index < -0.39 is 0 Å². The van der Waals surface area contributed by atoms with Gasteiger partial charge in [0.05, 0.1) is 6.61 Å². The number of nitrogens with zero attached hydrogens (tertiary/aromatic N) is 1. The van der Waals surface area contributed by atoms with Crippen molar-refractivity contribution in [3.63, 3.8) is 0 Å². The van der Waals surface area contributed by atoms with Crippen LogP contribution in [-0.4, -0.2) is 6.61 Å². The second kappa shape index (κ2) is 4.85. The first-order valence-electron chi connectivity index (χ1n) is 3.99. The highest BCUT2D eigenvalue weighted by molar-refractivity contribution is 5.40. The summed E-state index contributed by atoms with van der Waals surface area (Å²) >= 11 is 0. The lowest BCUT2D eigenvalue weighted by molar-refractivity contribution is 0.340. The molecule has 64 valence electrons. The average molecular weight is 171 g/mol. The number of benzene rings is 1. The highest BCUT2D eigenvalue weighted by Gasteiger charge is 1.90. The molecule has 0 bridgehead atoms. The predicted molar refractivity (Wildman–Crippen MR) is 50.1 cm³/mol. The van der Waals surface area contributed by atoms with Gasteiger partial charge in [0.2, 0.25) is 0 Å². The third-order valence-electron chi connectivity index (χ3n) is 1.43. The molecule has 13 heavy (non-hydrogen) atoms. The van der Waals surface area contributed by atoms with Crippen LogP contribution in [0.15, 0.2) is 24.3 Å². The van der Waals surface area contributed by atoms with Gasteiger partial charge in [0.25, 0.3) is 0 Å². The molecule has 0 saturated heterocycles. The van der Waals surface area contributed by atoms with Gasteiger partial charge in [-0.15, -0.1) is 0 Å². The van der Waals surface area contributed by atoms with Crippen LogP contribution in [-0.2, 0) is 0 Å². The molecule has 0 fully saturated rings. The predicted octanol–water partition coefficient (Wildman–Crippen LogP) is 1.96. The van der Waals surface area contributed by atoms with Crippen LogP contribution in [0.25, 0.3) is 0 Å². The summed E-state index contributed by atoms with van der Waals surface area (Å²) in [6.45, 7) is 2.59. The molecule has 0 aliphatic heterocycles. The maximum atomic E-state index is 8.22. The first-order valence-corrected chi connectivity index (χ1v) is 3.99. The molecule has 1 aromatic rings. The summed E-state index contributed by atoms with van der Waals surface area (Å²) in [4.78, 5) is 0. The van der Waals surface area contributed by atoms with E-state index in [1.165, 1.54) is 0 Å². The summed E-state index contributed by atoms with van der Waals surface area (Å²) in [7, 11) is 0. The van der Waals surface area contributed by atoms with Crippen molar-refractivity contribution < 1.29 is 4.74 Å². The van der Waals surface area contributed by atoms with Crippen molar-refractivity contribution in [2.45, 2.75) is 6.92 Å². The van der Waals surface area contributed by atoms with E-state index in [1.54, 1.807) is 6.07 Å². The van der Waals surface area contributed by atoms with Crippen LogP contribution < -0.4 is 4.74 Å². The zero-order valence-corrected chi connectivity index (χ0v) is 7.37. The van der Waals surface area contributed by atoms with Crippen molar-refractivity contribution in [1.82, 2.24) is 0 Å². The first-order chi connectivity index (χ1) is 6.36. The number of ether oxygens (including phenoxy) is 1. The molecule has 0 aromatic heterocycles. The van der Waals surface area contributed by atoms with Gasteiger partial charge in [-0.2, -0.15) is 5.26 Å². The maximum absolute atomic E-state index is 8.22. The van der Waals surface area contributed by atoms with Crippen LogP contribution in [0.3, 0.4) is 0 Å². The Hall–Kier alpha value is -1.93. The van der Waals surface area contributed by atoms with E-state index in [4.69, 9.17) is 10.00 Å². The van der Waals surface area contributed by atoms with Crippen LogP contribution >= 0.6 is 0 Å². The lowest BCUT2D eigenvalue weighted by atomic mass is 10.2. The van der Waals surface area contributed by atoms with Crippen molar-refractivity contribution in [3.8, 4) is 23.7 Å². The Labute approximate surface area is 77.8 Å². The zero-order valence-electron chi connectivity index (χ0n) is 7.37. The molecule has 0 amide bonds. The molecule has 2 nitrogen and oxygen atoms in total. The summed E-state index contributed by atoms with van der Waals surface area (Å²) in [5.41, 5.74) is 0.824. The molecule has 0 saturated carbocycles. The SMILES string of the molecule is CCOc1ccc(C#CC#N)cc1. The highest BCUT2D eigenvalue weighted by atomic mass is 16.5. The fourth-order valence-corrected chi connectivity index (χ4v) is 0.901. The molecule has 0 aliphatic rings. The Kier molecular flexibility index (Phi) is 3.42. The minimum Gasteiger partial charge on any atom is -0.494 e. The van der Waals surface area contributed by atoms with Gasteiger partial charge in [-0.25, -0.2) is 0 Å². The monoisotopic (exact) mass is 171 g/mol. The van der Waals surface area contributed by atoms with Crippen LogP contribution in [0.5, 0.6) is 5.75 Å². The summed E-state index contributed by atoms with van der Waals surface area (Å²) in [6, 6.07) is 9.10. The van der Waals surface area contributed by atoms with E-state index in [-0.39, 0.29) is 0 Å². The summed E-state index contributed by atoms with van der Waals surface area (Å²) < 4.78 is 5.25. The fraction of sp³-hybridized carbons (Fsp3) is 0.182. The fourth-order valence-electron chi connectivity index (χ4n) is 0.901. The molecule has 0 atom stereocenters. The Morgan fingerprint density at radius 1 is 1.31 bits per heavy atom. The molecule has 0 spiro atoms. The summed E-state index contributed by atoms with van der Waals surface area (Å²) in [6.07, 6.45) is 0. The Bertz CT molecular complexity index is 362. The molecule has 0 unspecified atom stereocenters. The van der Waals surface area contributed by atoms with Gasteiger partial charge in [-0.3, -0.25) is 0 Å². The normalized spacial score (nSPS) is 8.00. The van der Waals surface area contributed by atoms with Gasteiger partial charge in [-0.1, -0.05) is 5.92 Å². The van der Waals surface area contributed by atoms with Crippen LogP contribution in [0, 0.1) is 23.2 Å². The second-order valence-electron chi connectivity index (χ2n) is 2.32. The maximum Gasteiger partial charge on any atom is 0.152 e. The van der Waals surface area contributed by atoms with E-state index >= 15 is 0 Å².